The SMILES string of the molecule is CC.NCc1ccc(CN2CCCC2)cc1. The van der Waals surface area contributed by atoms with Crippen LogP contribution in [0.3, 0.4) is 0 Å². The van der Waals surface area contributed by atoms with E-state index in [0.717, 1.165) is 6.54 Å². The average Bonchev–Trinajstić information content (AvgIpc) is 2.86. The van der Waals surface area contributed by atoms with Crippen molar-refractivity contribution in [3.8, 4) is 0 Å². The molecule has 1 fully saturated rings. The van der Waals surface area contributed by atoms with Gasteiger partial charge in [0.15, 0.2) is 0 Å². The minimum absolute atomic E-state index is 0.643. The normalized spacial score (nSPS) is 15.7. The van der Waals surface area contributed by atoms with Crippen molar-refractivity contribution in [1.82, 2.24) is 4.90 Å². The molecule has 2 rings (SSSR count). The summed E-state index contributed by atoms with van der Waals surface area (Å²) in [4.78, 5) is 2.51. The first-order valence-electron chi connectivity index (χ1n) is 6.39. The molecule has 0 saturated carbocycles. The molecule has 0 amide bonds. The fraction of sp³-hybridized carbons (Fsp3) is 0.571. The Morgan fingerprint density at radius 3 is 2.00 bits per heavy atom. The molecule has 1 saturated heterocycles. The predicted octanol–water partition coefficient (Wildman–Crippen LogP) is 2.77. The molecule has 0 atom stereocenters. The summed E-state index contributed by atoms with van der Waals surface area (Å²) in [6, 6.07) is 8.65. The van der Waals surface area contributed by atoms with E-state index < -0.39 is 0 Å². The molecule has 2 heteroatoms. The van der Waals surface area contributed by atoms with Gasteiger partial charge in [-0.05, 0) is 37.1 Å². The highest BCUT2D eigenvalue weighted by Gasteiger charge is 2.11. The van der Waals surface area contributed by atoms with Gasteiger partial charge in [0, 0.05) is 13.1 Å². The van der Waals surface area contributed by atoms with Crippen molar-refractivity contribution in [2.24, 2.45) is 5.73 Å². The van der Waals surface area contributed by atoms with Crippen LogP contribution in [0.1, 0.15) is 37.8 Å². The molecule has 1 aromatic rings. The fourth-order valence-electron chi connectivity index (χ4n) is 1.98. The van der Waals surface area contributed by atoms with Gasteiger partial charge < -0.3 is 5.73 Å². The maximum Gasteiger partial charge on any atom is 0.0233 e. The van der Waals surface area contributed by atoms with Gasteiger partial charge in [0.2, 0.25) is 0 Å². The lowest BCUT2D eigenvalue weighted by molar-refractivity contribution is 0.331. The molecule has 1 heterocycles. The highest BCUT2D eigenvalue weighted by atomic mass is 15.1. The third-order valence-corrected chi connectivity index (χ3v) is 2.86. The Kier molecular flexibility index (Phi) is 6.12. The first kappa shape index (κ1) is 13.2. The van der Waals surface area contributed by atoms with Crippen molar-refractivity contribution in [2.75, 3.05) is 13.1 Å². The van der Waals surface area contributed by atoms with Crippen molar-refractivity contribution < 1.29 is 0 Å². The Bertz CT molecular complexity index is 273. The highest BCUT2D eigenvalue weighted by Crippen LogP contribution is 2.12. The maximum atomic E-state index is 5.55. The van der Waals surface area contributed by atoms with Crippen LogP contribution in [-0.4, -0.2) is 18.0 Å². The molecule has 0 bridgehead atoms. The molecule has 1 aliphatic rings. The van der Waals surface area contributed by atoms with E-state index in [0.29, 0.717) is 6.54 Å². The quantitative estimate of drug-likeness (QED) is 0.848. The summed E-state index contributed by atoms with van der Waals surface area (Å²) in [6.45, 7) is 8.27. The van der Waals surface area contributed by atoms with Crippen LogP contribution >= 0.6 is 0 Å². The topological polar surface area (TPSA) is 29.3 Å². The van der Waals surface area contributed by atoms with Crippen LogP contribution in [-0.2, 0) is 13.1 Å². The average molecular weight is 220 g/mol. The van der Waals surface area contributed by atoms with E-state index in [1.54, 1.807) is 0 Å². The molecular weight excluding hydrogens is 196 g/mol. The number of rotatable bonds is 3. The zero-order valence-corrected chi connectivity index (χ0v) is 10.6. The van der Waals surface area contributed by atoms with E-state index in [1.165, 1.54) is 37.1 Å². The second kappa shape index (κ2) is 7.42. The standard InChI is InChI=1S/C12H18N2.C2H6/c13-9-11-3-5-12(6-4-11)10-14-7-1-2-8-14;1-2/h3-6H,1-2,7-10,13H2;1-2H3. The van der Waals surface area contributed by atoms with E-state index in [-0.39, 0.29) is 0 Å². The third-order valence-electron chi connectivity index (χ3n) is 2.86. The Morgan fingerprint density at radius 1 is 1.00 bits per heavy atom. The summed E-state index contributed by atoms with van der Waals surface area (Å²) in [6.07, 6.45) is 2.72. The summed E-state index contributed by atoms with van der Waals surface area (Å²) < 4.78 is 0. The molecule has 90 valence electrons. The molecule has 1 aromatic carbocycles. The number of benzene rings is 1. The van der Waals surface area contributed by atoms with Crippen LogP contribution in [0.2, 0.25) is 0 Å². The van der Waals surface area contributed by atoms with E-state index in [2.05, 4.69) is 29.2 Å². The van der Waals surface area contributed by atoms with Gasteiger partial charge in [0.05, 0.1) is 0 Å². The van der Waals surface area contributed by atoms with Crippen LogP contribution in [0.15, 0.2) is 24.3 Å². The van der Waals surface area contributed by atoms with Crippen LogP contribution in [0.5, 0.6) is 0 Å². The zero-order valence-electron chi connectivity index (χ0n) is 10.6. The van der Waals surface area contributed by atoms with Crippen LogP contribution in [0.4, 0.5) is 0 Å². The van der Waals surface area contributed by atoms with Gasteiger partial charge in [-0.3, -0.25) is 4.90 Å². The first-order valence-corrected chi connectivity index (χ1v) is 6.39. The molecule has 1 aliphatic heterocycles. The molecule has 0 spiro atoms. The second-order valence-electron chi connectivity index (χ2n) is 4.00. The minimum atomic E-state index is 0.643. The van der Waals surface area contributed by atoms with Crippen LogP contribution in [0, 0.1) is 0 Å². The van der Waals surface area contributed by atoms with Gasteiger partial charge in [-0.1, -0.05) is 38.1 Å². The Morgan fingerprint density at radius 2 is 1.50 bits per heavy atom. The lowest BCUT2D eigenvalue weighted by Gasteiger charge is -2.14. The van der Waals surface area contributed by atoms with Gasteiger partial charge in [-0.2, -0.15) is 0 Å². The Hall–Kier alpha value is -0.860. The van der Waals surface area contributed by atoms with Crippen molar-refractivity contribution in [1.29, 1.82) is 0 Å². The van der Waals surface area contributed by atoms with Gasteiger partial charge in [0.1, 0.15) is 0 Å². The predicted molar refractivity (Wildman–Crippen MR) is 70.2 cm³/mol. The van der Waals surface area contributed by atoms with Crippen molar-refractivity contribution in [3.63, 3.8) is 0 Å². The van der Waals surface area contributed by atoms with E-state index in [9.17, 15) is 0 Å². The highest BCUT2D eigenvalue weighted by molar-refractivity contribution is 5.22. The lowest BCUT2D eigenvalue weighted by atomic mass is 10.1. The maximum absolute atomic E-state index is 5.55. The molecule has 0 radical (unpaired) electrons. The van der Waals surface area contributed by atoms with Gasteiger partial charge in [0.25, 0.3) is 0 Å². The molecule has 0 unspecified atom stereocenters. The van der Waals surface area contributed by atoms with E-state index in [1.807, 2.05) is 13.8 Å². The van der Waals surface area contributed by atoms with Crippen LogP contribution in [0.25, 0.3) is 0 Å². The zero-order chi connectivity index (χ0) is 11.8. The summed E-state index contributed by atoms with van der Waals surface area (Å²) in [7, 11) is 0. The van der Waals surface area contributed by atoms with Crippen molar-refractivity contribution >= 4 is 0 Å². The summed E-state index contributed by atoms with van der Waals surface area (Å²) in [5.41, 5.74) is 8.18. The molecule has 16 heavy (non-hydrogen) atoms. The number of hydrogen-bond donors (Lipinski definition) is 1. The molecular formula is C14H24N2. The van der Waals surface area contributed by atoms with Crippen molar-refractivity contribution in [3.05, 3.63) is 35.4 Å². The number of likely N-dealkylation sites (tertiary alicyclic amines) is 1. The third kappa shape index (κ3) is 3.95. The summed E-state index contributed by atoms with van der Waals surface area (Å²) in [5, 5.41) is 0. The first-order chi connectivity index (χ1) is 7.88. The van der Waals surface area contributed by atoms with Gasteiger partial charge in [-0.25, -0.2) is 0 Å². The minimum Gasteiger partial charge on any atom is -0.326 e. The number of nitrogens with two attached hydrogens (primary N) is 1. The van der Waals surface area contributed by atoms with Crippen LogP contribution < -0.4 is 5.73 Å². The Labute approximate surface area is 99.5 Å². The second-order valence-corrected chi connectivity index (χ2v) is 4.00. The van der Waals surface area contributed by atoms with E-state index >= 15 is 0 Å². The smallest absolute Gasteiger partial charge is 0.0233 e. The molecule has 0 aliphatic carbocycles. The van der Waals surface area contributed by atoms with E-state index in [4.69, 9.17) is 5.73 Å². The number of nitrogens with zero attached hydrogens (tertiary/aromatic N) is 1. The molecule has 2 N–H and O–H groups in total. The van der Waals surface area contributed by atoms with Gasteiger partial charge in [-0.15, -0.1) is 0 Å². The molecule has 2 nitrogen and oxygen atoms in total. The summed E-state index contributed by atoms with van der Waals surface area (Å²) >= 11 is 0. The van der Waals surface area contributed by atoms with Crippen molar-refractivity contribution in [2.45, 2.75) is 39.8 Å². The largest absolute Gasteiger partial charge is 0.326 e. The Balaban J connectivity index is 0.000000606. The number of hydrogen-bond acceptors (Lipinski definition) is 2. The fourth-order valence-corrected chi connectivity index (χ4v) is 1.98. The van der Waals surface area contributed by atoms with Gasteiger partial charge >= 0.3 is 0 Å². The lowest BCUT2D eigenvalue weighted by Crippen LogP contribution is -2.18. The summed E-state index contributed by atoms with van der Waals surface area (Å²) in [5.74, 6) is 0. The molecule has 0 aromatic heterocycles. The monoisotopic (exact) mass is 220 g/mol.